The number of nitrogens with zero attached hydrogens (tertiary/aromatic N) is 4. The quantitative estimate of drug-likeness (QED) is 0.128. The topological polar surface area (TPSA) is 104 Å². The van der Waals surface area contributed by atoms with Crippen molar-refractivity contribution in [1.29, 1.82) is 5.41 Å². The Morgan fingerprint density at radius 2 is 1.02 bits per heavy atom. The van der Waals surface area contributed by atoms with E-state index in [1.165, 1.54) is 44.5 Å². The van der Waals surface area contributed by atoms with E-state index < -0.39 is 0 Å². The van der Waals surface area contributed by atoms with Gasteiger partial charge in [-0.25, -0.2) is 9.97 Å². The van der Waals surface area contributed by atoms with E-state index in [0.717, 1.165) is 102 Å². The van der Waals surface area contributed by atoms with E-state index in [2.05, 4.69) is 73.6 Å². The monoisotopic (exact) mass is 658 g/mol. The molecular formula is C39H48N6Ni. The smallest absolute Gasteiger partial charge is 0.657 e. The molecule has 5 rings (SSSR count). The molecule has 3 aromatic heterocycles. The Bertz CT molecular complexity index is 1910. The Kier molecular flexibility index (Phi) is 11.3. The minimum atomic E-state index is 0. The Morgan fingerprint density at radius 1 is 0.609 bits per heavy atom. The summed E-state index contributed by atoms with van der Waals surface area (Å²) in [6, 6.07) is 6.62. The molecule has 2 aliphatic rings. The minimum absolute atomic E-state index is 0. The van der Waals surface area contributed by atoms with Crippen molar-refractivity contribution in [2.75, 3.05) is 0 Å². The van der Waals surface area contributed by atoms with Crippen LogP contribution < -0.4 is 15.7 Å². The fourth-order valence-corrected chi connectivity index (χ4v) is 7.38. The van der Waals surface area contributed by atoms with E-state index in [4.69, 9.17) is 31.1 Å². The second kappa shape index (κ2) is 14.8. The fourth-order valence-electron chi connectivity index (χ4n) is 7.38. The number of aromatic nitrogens is 4. The molecule has 0 unspecified atom stereocenters. The molecule has 0 radical (unpaired) electrons. The number of rotatable bonds is 10. The molecule has 0 atom stereocenters. The van der Waals surface area contributed by atoms with Gasteiger partial charge in [-0.1, -0.05) is 102 Å². The zero-order valence-corrected chi connectivity index (χ0v) is 29.7. The molecule has 6 nitrogen and oxygen atoms in total. The van der Waals surface area contributed by atoms with Crippen molar-refractivity contribution in [2.45, 2.75) is 107 Å². The van der Waals surface area contributed by atoms with Crippen LogP contribution in [-0.4, -0.2) is 15.8 Å². The average molecular weight is 660 g/mol. The van der Waals surface area contributed by atoms with Crippen molar-refractivity contribution in [2.24, 2.45) is 5.73 Å². The van der Waals surface area contributed by atoms with Crippen LogP contribution in [-0.2, 0) is 42.2 Å². The summed E-state index contributed by atoms with van der Waals surface area (Å²) in [5.41, 5.74) is 24.7. The van der Waals surface area contributed by atoms with Crippen LogP contribution in [0.15, 0.2) is 24.3 Å². The van der Waals surface area contributed by atoms with E-state index in [0.29, 0.717) is 0 Å². The van der Waals surface area contributed by atoms with Gasteiger partial charge in [-0.2, -0.15) is 0 Å². The summed E-state index contributed by atoms with van der Waals surface area (Å²) < 4.78 is 0. The molecule has 3 aromatic rings. The van der Waals surface area contributed by atoms with Gasteiger partial charge >= 0.3 is 16.5 Å². The van der Waals surface area contributed by atoms with Crippen molar-refractivity contribution >= 4 is 56.3 Å². The first-order chi connectivity index (χ1) is 21.8. The number of allylic oxidation sites excluding steroid dienone is 4. The summed E-state index contributed by atoms with van der Waals surface area (Å²) in [6.45, 7) is 17.7. The number of nitrogens with two attached hydrogens (primary N) is 1. The molecule has 8 bridgehead atoms. The van der Waals surface area contributed by atoms with Gasteiger partial charge in [0.15, 0.2) is 0 Å². The van der Waals surface area contributed by atoms with Gasteiger partial charge in [-0.15, -0.1) is 22.1 Å². The molecule has 0 spiro atoms. The number of hydrogen-bond acceptors (Lipinski definition) is 3. The maximum absolute atomic E-state index is 8.04. The predicted octanol–water partition coefficient (Wildman–Crippen LogP) is 9.23. The Labute approximate surface area is 284 Å². The summed E-state index contributed by atoms with van der Waals surface area (Å²) in [5.74, 6) is 0.00602. The third kappa shape index (κ3) is 6.07. The normalized spacial score (nSPS) is 13.2. The molecule has 5 heterocycles. The Morgan fingerprint density at radius 3 is 1.46 bits per heavy atom. The molecule has 0 amide bonds. The molecular weight excluding hydrogens is 611 g/mol. The second-order valence-electron chi connectivity index (χ2n) is 11.7. The van der Waals surface area contributed by atoms with Crippen LogP contribution in [0.4, 0.5) is 0 Å². The number of amidine groups is 1. The number of hydrogen-bond donors (Lipinski definition) is 2. The zero-order chi connectivity index (χ0) is 32.4. The Hall–Kier alpha value is -3.70. The molecule has 0 saturated carbocycles. The number of fused-ring (bicyclic) bond motifs is 8. The maximum Gasteiger partial charge on any atom is 2.00 e. The van der Waals surface area contributed by atoms with Crippen LogP contribution >= 0.6 is 0 Å². The third-order valence-corrected chi connectivity index (χ3v) is 9.42. The van der Waals surface area contributed by atoms with Crippen molar-refractivity contribution in [1.82, 2.24) is 19.9 Å². The molecule has 2 aliphatic heterocycles. The summed E-state index contributed by atoms with van der Waals surface area (Å²) in [6.07, 6.45) is 10.6. The standard InChI is InChI=1S/C39H48N6.Ni/c1-9-22-24(11-3)33-20-35-26(13-5)28(15-7)38(44-35)30(17-18-37(40)41)39-29(16-8)27(14-6)36(45-39)21-34-25(12-4)23(10-2)32(43-34)19-31(22)42-33;/h17-21H,9-16H2,1-8H3,(H3,40,41);/q-2;+2/b18-17+,31-19?,32-19?,33-20?,34-21?,35-20?,36-21?,38-30?,39-30?;. The third-order valence-electron chi connectivity index (χ3n) is 9.42. The molecule has 244 valence electrons. The summed E-state index contributed by atoms with van der Waals surface area (Å²) in [4.78, 5) is 21.3. The first-order valence-electron chi connectivity index (χ1n) is 17.0. The van der Waals surface area contributed by atoms with Crippen molar-refractivity contribution in [3.05, 3.63) is 74.9 Å². The molecule has 0 aliphatic carbocycles. The van der Waals surface area contributed by atoms with Gasteiger partial charge in [0, 0.05) is 0 Å². The second-order valence-corrected chi connectivity index (χ2v) is 11.7. The molecule has 0 aromatic carbocycles. The van der Waals surface area contributed by atoms with Crippen LogP contribution in [0, 0.1) is 5.41 Å². The van der Waals surface area contributed by atoms with E-state index in [-0.39, 0.29) is 22.3 Å². The fraction of sp³-hybridized carbons (Fsp3) is 0.410. The summed E-state index contributed by atoms with van der Waals surface area (Å²) >= 11 is 0. The van der Waals surface area contributed by atoms with Gasteiger partial charge in [-0.05, 0) is 85.3 Å². The van der Waals surface area contributed by atoms with Crippen LogP contribution in [0.2, 0.25) is 0 Å². The molecule has 46 heavy (non-hydrogen) atoms. The van der Waals surface area contributed by atoms with Crippen LogP contribution in [0.5, 0.6) is 0 Å². The van der Waals surface area contributed by atoms with Gasteiger partial charge in [0.2, 0.25) is 0 Å². The van der Waals surface area contributed by atoms with E-state index in [1.54, 1.807) is 6.08 Å². The van der Waals surface area contributed by atoms with Crippen LogP contribution in [0.25, 0.3) is 50.4 Å². The van der Waals surface area contributed by atoms with E-state index >= 15 is 0 Å². The Balaban J connectivity index is 0.00000480. The molecule has 3 N–H and O–H groups in total. The SMILES string of the molecule is CCC1=C(CC)c2cc3[n-]c(c(/C=C/C(=N)N)c4nc(cc5[n-]c(cc1n2)c(CC)c5CC)C(CC)=C4CC)c(CC)c3CC.[Ni+2]. The van der Waals surface area contributed by atoms with E-state index in [9.17, 15) is 0 Å². The number of aryl methyl sites for hydroxylation is 4. The van der Waals surface area contributed by atoms with Crippen LogP contribution in [0.1, 0.15) is 132 Å². The predicted molar refractivity (Wildman–Crippen MR) is 192 cm³/mol. The van der Waals surface area contributed by atoms with Gasteiger partial charge < -0.3 is 15.7 Å². The van der Waals surface area contributed by atoms with Crippen LogP contribution in [0.3, 0.4) is 0 Å². The van der Waals surface area contributed by atoms with Crippen molar-refractivity contribution < 1.29 is 16.5 Å². The van der Waals surface area contributed by atoms with Gasteiger partial charge in [-0.3, -0.25) is 5.41 Å². The van der Waals surface area contributed by atoms with E-state index in [1.807, 2.05) is 6.08 Å². The average Bonchev–Trinajstić information content (AvgIpc) is 3.76. The van der Waals surface area contributed by atoms with Gasteiger partial charge in [0.25, 0.3) is 0 Å². The number of nitrogens with one attached hydrogen (secondary N) is 1. The molecule has 0 saturated heterocycles. The first-order valence-corrected chi connectivity index (χ1v) is 17.0. The largest absolute Gasteiger partial charge is 2.00 e. The summed E-state index contributed by atoms with van der Waals surface area (Å²) in [7, 11) is 0. The molecule has 0 fully saturated rings. The first kappa shape index (κ1) is 35.2. The molecule has 7 heteroatoms. The minimum Gasteiger partial charge on any atom is -0.657 e. The summed E-state index contributed by atoms with van der Waals surface area (Å²) in [5, 5.41) is 8.04. The van der Waals surface area contributed by atoms with Crippen molar-refractivity contribution in [3.8, 4) is 0 Å². The maximum atomic E-state index is 8.04. The van der Waals surface area contributed by atoms with Crippen molar-refractivity contribution in [3.63, 3.8) is 0 Å². The van der Waals surface area contributed by atoms with Gasteiger partial charge in [0.1, 0.15) is 5.84 Å². The zero-order valence-electron chi connectivity index (χ0n) is 28.7. The van der Waals surface area contributed by atoms with Gasteiger partial charge in [0.05, 0.1) is 22.8 Å².